The molecule has 0 unspecified atom stereocenters. The van der Waals surface area contributed by atoms with Crippen molar-refractivity contribution < 1.29 is 33.9 Å². The van der Waals surface area contributed by atoms with Crippen molar-refractivity contribution in [1.82, 2.24) is 0 Å². The number of quaternary nitrogens is 1. The summed E-state index contributed by atoms with van der Waals surface area (Å²) in [6, 6.07) is 21.2. The number of benzene rings is 3. The molecule has 0 radical (unpaired) electrons. The van der Waals surface area contributed by atoms with Crippen molar-refractivity contribution in [3.63, 3.8) is 0 Å². The van der Waals surface area contributed by atoms with E-state index in [1.165, 1.54) is 26.7 Å². The Morgan fingerprint density at radius 3 is 2.27 bits per heavy atom. The van der Waals surface area contributed by atoms with Crippen LogP contribution < -0.4 is 34.3 Å². The van der Waals surface area contributed by atoms with Crippen molar-refractivity contribution >= 4 is 48.8 Å². The first-order valence-electron chi connectivity index (χ1n) is 10.7. The molecule has 0 bridgehead atoms. The number of thiazole rings is 1. The van der Waals surface area contributed by atoms with E-state index in [0.717, 1.165) is 34.9 Å². The highest BCUT2D eigenvalue weighted by Gasteiger charge is 2.18. The Balaban J connectivity index is 0.00000193. The highest BCUT2D eigenvalue weighted by atomic mass is 35.5. The van der Waals surface area contributed by atoms with Crippen LogP contribution in [0, 0.1) is 0 Å². The topological polar surface area (TPSA) is 31.8 Å². The lowest BCUT2D eigenvalue weighted by Crippen LogP contribution is -3.00. The van der Waals surface area contributed by atoms with E-state index < -0.39 is 0 Å². The molecule has 0 amide bonds. The smallest absolute Gasteiger partial charge is 0.409 e. The number of anilines is 1. The highest BCUT2D eigenvalue weighted by molar-refractivity contribution is 7.22. The van der Waals surface area contributed by atoms with Crippen LogP contribution in [0.3, 0.4) is 0 Å². The number of nitrogens with zero attached hydrogens (tertiary/aromatic N) is 5. The van der Waals surface area contributed by atoms with Gasteiger partial charge in [-0.1, -0.05) is 30.3 Å². The summed E-state index contributed by atoms with van der Waals surface area (Å²) in [6.45, 7) is 5.33. The Kier molecular flexibility index (Phi) is 9.20. The minimum atomic E-state index is 0. The average molecular weight is 505 g/mol. The van der Waals surface area contributed by atoms with Gasteiger partial charge in [-0.05, 0) is 59.1 Å². The molecule has 0 saturated heterocycles. The van der Waals surface area contributed by atoms with Gasteiger partial charge in [0.25, 0.3) is 0 Å². The largest absolute Gasteiger partial charge is 1.00 e. The van der Waals surface area contributed by atoms with E-state index in [-0.39, 0.29) is 24.8 Å². The van der Waals surface area contributed by atoms with Crippen molar-refractivity contribution in [2.75, 3.05) is 45.7 Å². The van der Waals surface area contributed by atoms with Gasteiger partial charge in [0.05, 0.1) is 51.1 Å². The summed E-state index contributed by atoms with van der Waals surface area (Å²) in [4.78, 5) is 2.40. The first kappa shape index (κ1) is 27.0. The minimum Gasteiger partial charge on any atom is -1.00 e. The van der Waals surface area contributed by atoms with Crippen LogP contribution >= 0.6 is 11.3 Å². The predicted molar refractivity (Wildman–Crippen MR) is 132 cm³/mol. The van der Waals surface area contributed by atoms with Crippen molar-refractivity contribution in [1.29, 1.82) is 0 Å². The molecule has 176 valence electrons. The number of hydrogen-bond donors (Lipinski definition) is 0. The number of aryl methyl sites for hydroxylation is 1. The monoisotopic (exact) mass is 503 g/mol. The van der Waals surface area contributed by atoms with Crippen LogP contribution in [0.25, 0.3) is 21.0 Å². The zero-order valence-electron chi connectivity index (χ0n) is 19.8. The van der Waals surface area contributed by atoms with E-state index in [1.807, 2.05) is 0 Å². The summed E-state index contributed by atoms with van der Waals surface area (Å²) in [6.07, 6.45) is 0. The van der Waals surface area contributed by atoms with E-state index in [1.54, 1.807) is 11.3 Å². The van der Waals surface area contributed by atoms with E-state index in [4.69, 9.17) is 0 Å². The number of fused-ring (bicyclic) bond motifs is 3. The second-order valence-corrected chi connectivity index (χ2v) is 9.87. The first-order chi connectivity index (χ1) is 14.9. The molecule has 33 heavy (non-hydrogen) atoms. The number of aromatic nitrogens is 1. The minimum absolute atomic E-state index is 0. The molecule has 4 rings (SSSR count). The molecule has 0 aliphatic carbocycles. The maximum absolute atomic E-state index is 4.57. The van der Waals surface area contributed by atoms with Crippen LogP contribution in [0.4, 0.5) is 16.5 Å². The lowest BCUT2D eigenvalue weighted by molar-refractivity contribution is -0.868. The molecule has 1 aromatic heterocycles. The van der Waals surface area contributed by atoms with Crippen LogP contribution in [0.15, 0.2) is 70.9 Å². The van der Waals surface area contributed by atoms with Gasteiger partial charge in [0, 0.05) is 17.6 Å². The molecule has 0 fully saturated rings. The molecular formula is C25H31Cl2N5S. The second-order valence-electron chi connectivity index (χ2n) is 8.89. The fourth-order valence-corrected chi connectivity index (χ4v) is 4.78. The molecule has 0 aliphatic rings. The van der Waals surface area contributed by atoms with Gasteiger partial charge >= 0.3 is 5.13 Å². The van der Waals surface area contributed by atoms with Crippen molar-refractivity contribution in [3.8, 4) is 0 Å². The van der Waals surface area contributed by atoms with E-state index in [9.17, 15) is 0 Å². The van der Waals surface area contributed by atoms with Crippen molar-refractivity contribution in [2.24, 2.45) is 17.3 Å². The summed E-state index contributed by atoms with van der Waals surface area (Å²) >= 11 is 1.69. The Bertz CT molecular complexity index is 1230. The number of hydrogen-bond acceptors (Lipinski definition) is 4. The predicted octanol–water partition coefficient (Wildman–Crippen LogP) is -0.165. The van der Waals surface area contributed by atoms with Crippen LogP contribution in [0.2, 0.25) is 0 Å². The lowest BCUT2D eigenvalue weighted by Gasteiger charge is -2.29. The van der Waals surface area contributed by atoms with Gasteiger partial charge in [0.1, 0.15) is 11.2 Å². The average Bonchev–Trinajstić information content (AvgIpc) is 3.09. The SMILES string of the molecule is CCN(CC[N+](C)(C)C)c1ccc(/N=N/c2sc3c4ccccc4ccc3[n+]2C)cc1.[Cl-].[Cl-]. The van der Waals surface area contributed by atoms with Crippen molar-refractivity contribution in [2.45, 2.75) is 6.92 Å². The standard InChI is InChI=1S/C25H31N5S.2ClH/c1-6-29(17-18-30(3,4)5)21-14-12-20(13-15-21)26-27-25-28(2)23-16-11-19-9-7-8-10-22(19)24(23)31-25;;/h7-16H,6,17-18H2,1-5H3;2*1H/q+2;;/p-2. The summed E-state index contributed by atoms with van der Waals surface area (Å²) < 4.78 is 4.33. The number of halogens is 2. The van der Waals surface area contributed by atoms with E-state index in [2.05, 4.69) is 115 Å². The normalized spacial score (nSPS) is 11.5. The van der Waals surface area contributed by atoms with Gasteiger partial charge in [0.15, 0.2) is 0 Å². The van der Waals surface area contributed by atoms with E-state index in [0.29, 0.717) is 0 Å². The Hall–Kier alpha value is -2.25. The summed E-state index contributed by atoms with van der Waals surface area (Å²) in [5.41, 5.74) is 3.28. The van der Waals surface area contributed by atoms with Gasteiger partial charge in [-0.25, -0.2) is 4.57 Å². The second kappa shape index (κ2) is 11.3. The molecular weight excluding hydrogens is 473 g/mol. The third kappa shape index (κ3) is 6.21. The van der Waals surface area contributed by atoms with Gasteiger partial charge < -0.3 is 34.2 Å². The molecule has 8 heteroatoms. The maximum atomic E-state index is 4.57. The van der Waals surface area contributed by atoms with Gasteiger partial charge in [-0.15, -0.1) is 0 Å². The molecule has 1 heterocycles. The van der Waals surface area contributed by atoms with Gasteiger partial charge in [0.2, 0.25) is 0 Å². The molecule has 0 saturated carbocycles. The molecule has 0 spiro atoms. The highest BCUT2D eigenvalue weighted by Crippen LogP contribution is 2.33. The molecule has 0 N–H and O–H groups in total. The third-order valence-electron chi connectivity index (χ3n) is 5.59. The molecule has 4 aromatic rings. The first-order valence-corrected chi connectivity index (χ1v) is 11.5. The lowest BCUT2D eigenvalue weighted by atomic mass is 10.1. The number of azo groups is 1. The van der Waals surface area contributed by atoms with Crippen LogP contribution in [-0.4, -0.2) is 45.3 Å². The van der Waals surface area contributed by atoms with Crippen molar-refractivity contribution in [3.05, 3.63) is 60.7 Å². The quantitative estimate of drug-likeness (QED) is 0.196. The number of likely N-dealkylation sites (N-methyl/N-ethyl adjacent to an activating group) is 2. The Morgan fingerprint density at radius 2 is 1.61 bits per heavy atom. The zero-order valence-corrected chi connectivity index (χ0v) is 22.1. The maximum Gasteiger partial charge on any atom is 0.409 e. The molecule has 0 atom stereocenters. The molecule has 0 aliphatic heterocycles. The Morgan fingerprint density at radius 1 is 0.909 bits per heavy atom. The third-order valence-corrected chi connectivity index (χ3v) is 6.76. The van der Waals surface area contributed by atoms with Crippen LogP contribution in [0.1, 0.15) is 6.92 Å². The summed E-state index contributed by atoms with van der Waals surface area (Å²) in [5.74, 6) is 0. The van der Waals surface area contributed by atoms with Gasteiger partial charge in [-0.2, -0.15) is 0 Å². The molecule has 5 nitrogen and oxygen atoms in total. The van der Waals surface area contributed by atoms with E-state index >= 15 is 0 Å². The molecule has 3 aromatic carbocycles. The zero-order chi connectivity index (χ0) is 22.0. The fraction of sp³-hybridized carbons (Fsp3) is 0.320. The van der Waals surface area contributed by atoms with Gasteiger partial charge in [-0.3, -0.25) is 0 Å². The number of rotatable bonds is 7. The fourth-order valence-electron chi connectivity index (χ4n) is 3.67. The van der Waals surface area contributed by atoms with Crippen LogP contribution in [-0.2, 0) is 7.05 Å². The summed E-state index contributed by atoms with van der Waals surface area (Å²) in [5, 5.41) is 12.5. The Labute approximate surface area is 212 Å². The van der Waals surface area contributed by atoms with Crippen LogP contribution in [0.5, 0.6) is 0 Å². The summed E-state index contributed by atoms with van der Waals surface area (Å²) in [7, 11) is 8.74.